The minimum atomic E-state index is -0.915. The van der Waals surface area contributed by atoms with Crippen LogP contribution < -0.4 is 5.32 Å². The molecule has 1 fully saturated rings. The molecule has 18 heavy (non-hydrogen) atoms. The number of aliphatic carboxylic acids is 1. The highest BCUT2D eigenvalue weighted by Crippen LogP contribution is 2.41. The second-order valence-electron chi connectivity index (χ2n) is 5.01. The largest absolute Gasteiger partial charge is 0.481 e. The van der Waals surface area contributed by atoms with Crippen molar-refractivity contribution in [3.8, 4) is 0 Å². The van der Waals surface area contributed by atoms with Gasteiger partial charge in [-0.1, -0.05) is 19.8 Å². The lowest BCUT2D eigenvalue weighted by Gasteiger charge is -2.27. The van der Waals surface area contributed by atoms with Crippen LogP contribution in [0.25, 0.3) is 0 Å². The van der Waals surface area contributed by atoms with Crippen molar-refractivity contribution in [3.05, 3.63) is 0 Å². The number of ether oxygens (including phenoxy) is 1. The van der Waals surface area contributed by atoms with E-state index in [1.807, 2.05) is 6.92 Å². The number of carbonyl (C=O) groups is 2. The highest BCUT2D eigenvalue weighted by atomic mass is 16.5. The lowest BCUT2D eigenvalue weighted by molar-refractivity contribution is -0.140. The molecule has 1 unspecified atom stereocenters. The van der Waals surface area contributed by atoms with Crippen LogP contribution in [-0.2, 0) is 14.3 Å². The molecule has 2 N–H and O–H groups in total. The van der Waals surface area contributed by atoms with Gasteiger partial charge in [-0.2, -0.15) is 0 Å². The predicted molar refractivity (Wildman–Crippen MR) is 67.3 cm³/mol. The van der Waals surface area contributed by atoms with Crippen LogP contribution in [-0.4, -0.2) is 36.7 Å². The average Bonchev–Trinajstić information content (AvgIpc) is 2.83. The topological polar surface area (TPSA) is 75.6 Å². The first kappa shape index (κ1) is 15.0. The van der Waals surface area contributed by atoms with E-state index in [1.165, 1.54) is 7.11 Å². The molecule has 0 heterocycles. The molecular weight excluding hydrogens is 234 g/mol. The van der Waals surface area contributed by atoms with Crippen LogP contribution in [0.15, 0.2) is 0 Å². The van der Waals surface area contributed by atoms with Gasteiger partial charge in [-0.05, 0) is 19.3 Å². The van der Waals surface area contributed by atoms with Crippen LogP contribution in [0.5, 0.6) is 0 Å². The molecule has 5 nitrogen and oxygen atoms in total. The molecule has 5 heteroatoms. The van der Waals surface area contributed by atoms with Crippen LogP contribution >= 0.6 is 0 Å². The number of carboxylic acid groups (broad SMARTS) is 1. The molecule has 0 spiro atoms. The molecule has 1 aliphatic rings. The fourth-order valence-corrected chi connectivity index (χ4v) is 2.62. The van der Waals surface area contributed by atoms with Gasteiger partial charge in [0.05, 0.1) is 12.5 Å². The maximum atomic E-state index is 12.2. The first-order valence-corrected chi connectivity index (χ1v) is 6.57. The lowest BCUT2D eigenvalue weighted by atomic mass is 9.82. The van der Waals surface area contributed by atoms with E-state index in [0.29, 0.717) is 0 Å². The summed E-state index contributed by atoms with van der Waals surface area (Å²) in [5.74, 6) is -0.864. The first-order chi connectivity index (χ1) is 8.54. The van der Waals surface area contributed by atoms with Gasteiger partial charge >= 0.3 is 5.97 Å². The molecule has 1 amide bonds. The Morgan fingerprint density at radius 3 is 2.44 bits per heavy atom. The molecule has 0 aromatic rings. The normalized spacial score (nSPS) is 19.4. The van der Waals surface area contributed by atoms with Crippen molar-refractivity contribution in [1.29, 1.82) is 0 Å². The zero-order valence-electron chi connectivity index (χ0n) is 11.2. The number of amides is 1. The van der Waals surface area contributed by atoms with Crippen molar-refractivity contribution < 1.29 is 19.4 Å². The van der Waals surface area contributed by atoms with Gasteiger partial charge in [0.2, 0.25) is 5.91 Å². The predicted octanol–water partition coefficient (Wildman–Crippen LogP) is 1.56. The van der Waals surface area contributed by atoms with E-state index in [-0.39, 0.29) is 24.3 Å². The minimum Gasteiger partial charge on any atom is -0.481 e. The SMILES string of the molecule is CCC1(C(=O)NCC(CC(=O)O)OC)CCCC1. The fourth-order valence-electron chi connectivity index (χ4n) is 2.62. The zero-order chi connectivity index (χ0) is 13.6. The van der Waals surface area contributed by atoms with E-state index < -0.39 is 12.1 Å². The molecule has 1 atom stereocenters. The Kier molecular flexibility index (Phi) is 5.59. The number of carbonyl (C=O) groups excluding carboxylic acids is 1. The Balaban J connectivity index is 2.46. The molecule has 1 saturated carbocycles. The molecule has 0 bridgehead atoms. The van der Waals surface area contributed by atoms with Gasteiger partial charge in [0, 0.05) is 19.1 Å². The third kappa shape index (κ3) is 3.70. The van der Waals surface area contributed by atoms with Crippen molar-refractivity contribution in [3.63, 3.8) is 0 Å². The summed E-state index contributed by atoms with van der Waals surface area (Å²) in [6, 6.07) is 0. The number of hydrogen-bond acceptors (Lipinski definition) is 3. The molecule has 1 rings (SSSR count). The van der Waals surface area contributed by atoms with Crippen LogP contribution in [0, 0.1) is 5.41 Å². The third-order valence-electron chi connectivity index (χ3n) is 3.95. The molecule has 0 aliphatic heterocycles. The molecule has 0 aromatic heterocycles. The fraction of sp³-hybridized carbons (Fsp3) is 0.846. The van der Waals surface area contributed by atoms with Crippen LogP contribution in [0.4, 0.5) is 0 Å². The maximum Gasteiger partial charge on any atom is 0.306 e. The smallest absolute Gasteiger partial charge is 0.306 e. The quantitative estimate of drug-likeness (QED) is 0.725. The Bertz CT molecular complexity index is 297. The Labute approximate surface area is 108 Å². The summed E-state index contributed by atoms with van der Waals surface area (Å²) in [5, 5.41) is 11.5. The van der Waals surface area contributed by atoms with E-state index >= 15 is 0 Å². The number of rotatable bonds is 7. The summed E-state index contributed by atoms with van der Waals surface area (Å²) < 4.78 is 5.05. The molecule has 0 aromatic carbocycles. The van der Waals surface area contributed by atoms with Gasteiger partial charge in [0.25, 0.3) is 0 Å². The number of carboxylic acids is 1. The van der Waals surface area contributed by atoms with E-state index in [1.54, 1.807) is 0 Å². The highest BCUT2D eigenvalue weighted by Gasteiger charge is 2.39. The molecule has 104 valence electrons. The molecule has 0 saturated heterocycles. The van der Waals surface area contributed by atoms with Gasteiger partial charge in [-0.25, -0.2) is 0 Å². The molecule has 0 radical (unpaired) electrons. The summed E-state index contributed by atoms with van der Waals surface area (Å²) in [5.41, 5.74) is -0.235. The summed E-state index contributed by atoms with van der Waals surface area (Å²) in [7, 11) is 1.46. The Hall–Kier alpha value is -1.10. The van der Waals surface area contributed by atoms with Crippen LogP contribution in [0.3, 0.4) is 0 Å². The number of hydrogen-bond donors (Lipinski definition) is 2. The van der Waals surface area contributed by atoms with E-state index in [0.717, 1.165) is 32.1 Å². The van der Waals surface area contributed by atoms with Gasteiger partial charge in [0.15, 0.2) is 0 Å². The monoisotopic (exact) mass is 257 g/mol. The standard InChI is InChI=1S/C13H23NO4/c1-3-13(6-4-5-7-13)12(17)14-9-10(18-2)8-11(15)16/h10H,3-9H2,1-2H3,(H,14,17)(H,15,16). The van der Waals surface area contributed by atoms with Crippen molar-refractivity contribution in [1.82, 2.24) is 5.32 Å². The van der Waals surface area contributed by atoms with E-state index in [4.69, 9.17) is 9.84 Å². The number of nitrogens with one attached hydrogen (secondary N) is 1. The van der Waals surface area contributed by atoms with Crippen molar-refractivity contribution in [2.75, 3.05) is 13.7 Å². The van der Waals surface area contributed by atoms with Crippen molar-refractivity contribution in [2.24, 2.45) is 5.41 Å². The highest BCUT2D eigenvalue weighted by molar-refractivity contribution is 5.83. The summed E-state index contributed by atoms with van der Waals surface area (Å²) >= 11 is 0. The number of methoxy groups -OCH3 is 1. The molecule has 1 aliphatic carbocycles. The maximum absolute atomic E-state index is 12.2. The van der Waals surface area contributed by atoms with Gasteiger partial charge < -0.3 is 15.2 Å². The van der Waals surface area contributed by atoms with Crippen LogP contribution in [0.1, 0.15) is 45.4 Å². The van der Waals surface area contributed by atoms with Crippen molar-refractivity contribution >= 4 is 11.9 Å². The Morgan fingerprint density at radius 1 is 1.39 bits per heavy atom. The van der Waals surface area contributed by atoms with Crippen LogP contribution in [0.2, 0.25) is 0 Å². The van der Waals surface area contributed by atoms with Gasteiger partial charge in [0.1, 0.15) is 0 Å². The zero-order valence-corrected chi connectivity index (χ0v) is 11.2. The summed E-state index contributed by atoms with van der Waals surface area (Å²) in [6.07, 6.45) is 4.37. The Morgan fingerprint density at radius 2 is 2.00 bits per heavy atom. The lowest BCUT2D eigenvalue weighted by Crippen LogP contribution is -2.43. The minimum absolute atomic E-state index is 0.0509. The summed E-state index contributed by atoms with van der Waals surface area (Å²) in [6.45, 7) is 2.30. The third-order valence-corrected chi connectivity index (χ3v) is 3.95. The van der Waals surface area contributed by atoms with E-state index in [2.05, 4.69) is 5.32 Å². The van der Waals surface area contributed by atoms with Gasteiger partial charge in [-0.15, -0.1) is 0 Å². The van der Waals surface area contributed by atoms with Gasteiger partial charge in [-0.3, -0.25) is 9.59 Å². The second kappa shape index (κ2) is 6.73. The van der Waals surface area contributed by atoms with E-state index in [9.17, 15) is 9.59 Å². The second-order valence-corrected chi connectivity index (χ2v) is 5.01. The first-order valence-electron chi connectivity index (χ1n) is 6.57. The van der Waals surface area contributed by atoms with Crippen molar-refractivity contribution in [2.45, 2.75) is 51.6 Å². The molecular formula is C13H23NO4. The summed E-state index contributed by atoms with van der Waals surface area (Å²) in [4.78, 5) is 22.8. The average molecular weight is 257 g/mol.